The monoisotopic (exact) mass is 454 g/mol. The van der Waals surface area contributed by atoms with Crippen molar-refractivity contribution in [3.63, 3.8) is 0 Å². The van der Waals surface area contributed by atoms with E-state index in [4.69, 9.17) is 4.43 Å². The van der Waals surface area contributed by atoms with E-state index in [0.717, 1.165) is 6.04 Å². The van der Waals surface area contributed by atoms with Crippen LogP contribution in [0.3, 0.4) is 0 Å². The lowest BCUT2D eigenvalue weighted by atomic mass is 10.00. The molecule has 2 nitrogen and oxygen atoms in total. The Kier molecular flexibility index (Phi) is 8.68. The van der Waals surface area contributed by atoms with Gasteiger partial charge in [-0.25, -0.2) is 0 Å². The Bertz CT molecular complexity index is 780. The van der Waals surface area contributed by atoms with Crippen LogP contribution < -0.4 is 10.4 Å². The standard InChI is InChI=1S/C27H42O2Si2/c1-22(21-30(6,7)8)19-26(28)23(2)20-29-31(27(3,4)5,24-15-11-9-12-16-24)25-17-13-10-14-18-25/h9-18,23,26,28H,1,19-21H2,2-8H3/t23-,26-/m1/s1. The summed E-state index contributed by atoms with van der Waals surface area (Å²) in [6.07, 6.45) is 0.234. The van der Waals surface area contributed by atoms with Crippen LogP contribution in [0.1, 0.15) is 34.1 Å². The van der Waals surface area contributed by atoms with E-state index < -0.39 is 22.5 Å². The van der Waals surface area contributed by atoms with Gasteiger partial charge in [0.1, 0.15) is 0 Å². The van der Waals surface area contributed by atoms with Crippen molar-refractivity contribution in [3.8, 4) is 0 Å². The molecule has 170 valence electrons. The molecular weight excluding hydrogens is 412 g/mol. The van der Waals surface area contributed by atoms with Crippen molar-refractivity contribution in [2.24, 2.45) is 5.92 Å². The maximum atomic E-state index is 10.9. The first kappa shape index (κ1) is 25.8. The van der Waals surface area contributed by atoms with Crippen LogP contribution in [0.15, 0.2) is 72.8 Å². The van der Waals surface area contributed by atoms with Gasteiger partial charge in [0.25, 0.3) is 8.32 Å². The molecule has 2 atom stereocenters. The van der Waals surface area contributed by atoms with E-state index >= 15 is 0 Å². The van der Waals surface area contributed by atoms with E-state index in [0.29, 0.717) is 13.0 Å². The maximum absolute atomic E-state index is 10.9. The van der Waals surface area contributed by atoms with Crippen LogP contribution in [0.25, 0.3) is 0 Å². The number of rotatable bonds is 10. The molecule has 0 heterocycles. The Morgan fingerprint density at radius 2 is 1.39 bits per heavy atom. The third-order valence-corrected chi connectivity index (χ3v) is 12.5. The molecule has 0 saturated heterocycles. The number of aliphatic hydroxyl groups excluding tert-OH is 1. The fourth-order valence-electron chi connectivity index (χ4n) is 4.45. The zero-order valence-electron chi connectivity index (χ0n) is 20.6. The largest absolute Gasteiger partial charge is 0.407 e. The first-order valence-electron chi connectivity index (χ1n) is 11.5. The molecule has 0 aromatic heterocycles. The highest BCUT2D eigenvalue weighted by Crippen LogP contribution is 2.37. The van der Waals surface area contributed by atoms with Gasteiger partial charge in [-0.05, 0) is 27.9 Å². The molecule has 0 aliphatic carbocycles. The normalized spacial score (nSPS) is 14.8. The van der Waals surface area contributed by atoms with Crippen LogP contribution in [-0.2, 0) is 4.43 Å². The first-order chi connectivity index (χ1) is 14.4. The SMILES string of the molecule is C=C(C[C@@H](O)[C@H](C)CO[Si](c1ccccc1)(c1ccccc1)C(C)(C)C)C[Si](C)(C)C. The lowest BCUT2D eigenvalue weighted by molar-refractivity contribution is 0.0818. The Balaban J connectivity index is 2.30. The summed E-state index contributed by atoms with van der Waals surface area (Å²) < 4.78 is 6.99. The third-order valence-electron chi connectivity index (χ3n) is 5.91. The molecule has 0 spiro atoms. The third kappa shape index (κ3) is 6.76. The molecule has 0 aliphatic rings. The van der Waals surface area contributed by atoms with Crippen molar-refractivity contribution in [2.75, 3.05) is 6.61 Å². The second-order valence-corrected chi connectivity index (χ2v) is 21.0. The van der Waals surface area contributed by atoms with Crippen molar-refractivity contribution in [1.29, 1.82) is 0 Å². The second kappa shape index (κ2) is 10.4. The van der Waals surface area contributed by atoms with Gasteiger partial charge < -0.3 is 9.53 Å². The molecule has 0 saturated carbocycles. The molecule has 1 N–H and O–H groups in total. The average molecular weight is 455 g/mol. The van der Waals surface area contributed by atoms with E-state index in [9.17, 15) is 5.11 Å². The maximum Gasteiger partial charge on any atom is 0.261 e. The van der Waals surface area contributed by atoms with Crippen molar-refractivity contribution in [2.45, 2.75) is 70.9 Å². The van der Waals surface area contributed by atoms with Crippen molar-refractivity contribution >= 4 is 26.8 Å². The van der Waals surface area contributed by atoms with Gasteiger partial charge in [-0.15, -0.1) is 6.58 Å². The smallest absolute Gasteiger partial charge is 0.261 e. The van der Waals surface area contributed by atoms with E-state index in [1.807, 2.05) is 0 Å². The summed E-state index contributed by atoms with van der Waals surface area (Å²) in [7, 11) is -3.78. The highest BCUT2D eigenvalue weighted by molar-refractivity contribution is 6.99. The topological polar surface area (TPSA) is 29.5 Å². The van der Waals surface area contributed by atoms with Crippen molar-refractivity contribution in [1.82, 2.24) is 0 Å². The summed E-state index contributed by atoms with van der Waals surface area (Å²) in [4.78, 5) is 0. The number of aliphatic hydroxyl groups is 1. The van der Waals surface area contributed by atoms with Crippen LogP contribution in [0.5, 0.6) is 0 Å². The van der Waals surface area contributed by atoms with E-state index in [1.54, 1.807) is 0 Å². The minimum absolute atomic E-state index is 0.0417. The Labute approximate surface area is 192 Å². The molecule has 0 amide bonds. The quantitative estimate of drug-likeness (QED) is 0.361. The van der Waals surface area contributed by atoms with E-state index in [1.165, 1.54) is 15.9 Å². The number of benzene rings is 2. The van der Waals surface area contributed by atoms with Gasteiger partial charge in [-0.1, -0.05) is 114 Å². The van der Waals surface area contributed by atoms with E-state index in [-0.39, 0.29) is 11.0 Å². The second-order valence-electron chi connectivity index (χ2n) is 11.2. The minimum atomic E-state index is -2.56. The number of hydrogen-bond acceptors (Lipinski definition) is 2. The van der Waals surface area contributed by atoms with Crippen LogP contribution >= 0.6 is 0 Å². The first-order valence-corrected chi connectivity index (χ1v) is 17.1. The predicted molar refractivity (Wildman–Crippen MR) is 141 cm³/mol. The van der Waals surface area contributed by atoms with Gasteiger partial charge >= 0.3 is 0 Å². The average Bonchev–Trinajstić information content (AvgIpc) is 2.67. The molecule has 0 aliphatic heterocycles. The zero-order chi connectivity index (χ0) is 23.3. The highest BCUT2D eigenvalue weighted by atomic mass is 28.4. The summed E-state index contributed by atoms with van der Waals surface area (Å²) in [6.45, 7) is 20.8. The Morgan fingerprint density at radius 3 is 1.77 bits per heavy atom. The van der Waals surface area contributed by atoms with Crippen molar-refractivity contribution < 1.29 is 9.53 Å². The fraction of sp³-hybridized carbons (Fsp3) is 0.481. The molecule has 4 heteroatoms. The molecule has 31 heavy (non-hydrogen) atoms. The highest BCUT2D eigenvalue weighted by Gasteiger charge is 2.50. The van der Waals surface area contributed by atoms with Crippen LogP contribution in [0.2, 0.25) is 30.7 Å². The van der Waals surface area contributed by atoms with Gasteiger partial charge in [-0.3, -0.25) is 0 Å². The molecule has 0 fully saturated rings. The van der Waals surface area contributed by atoms with Gasteiger partial charge in [0, 0.05) is 20.6 Å². The number of hydrogen-bond donors (Lipinski definition) is 1. The summed E-state index contributed by atoms with van der Waals surface area (Å²) in [5.41, 5.74) is 1.17. The molecule has 2 aromatic carbocycles. The molecule has 0 bridgehead atoms. The van der Waals surface area contributed by atoms with Crippen LogP contribution in [-0.4, -0.2) is 34.2 Å². The minimum Gasteiger partial charge on any atom is -0.407 e. The Morgan fingerprint density at radius 1 is 0.935 bits per heavy atom. The molecular formula is C27H42O2Si2. The zero-order valence-corrected chi connectivity index (χ0v) is 22.6. The lowest BCUT2D eigenvalue weighted by Gasteiger charge is -2.43. The molecule has 2 aromatic rings. The molecule has 2 rings (SSSR count). The summed E-state index contributed by atoms with van der Waals surface area (Å²) in [5, 5.41) is 13.4. The van der Waals surface area contributed by atoms with Crippen LogP contribution in [0.4, 0.5) is 0 Å². The lowest BCUT2D eigenvalue weighted by Crippen LogP contribution is -2.67. The van der Waals surface area contributed by atoms with Crippen molar-refractivity contribution in [3.05, 3.63) is 72.8 Å². The summed E-state index contributed by atoms with van der Waals surface area (Å²) >= 11 is 0. The van der Waals surface area contributed by atoms with Gasteiger partial charge in [0.15, 0.2) is 0 Å². The molecule has 0 unspecified atom stereocenters. The van der Waals surface area contributed by atoms with Gasteiger partial charge in [0.05, 0.1) is 6.10 Å². The van der Waals surface area contributed by atoms with Gasteiger partial charge in [0.2, 0.25) is 0 Å². The summed E-state index contributed by atoms with van der Waals surface area (Å²) in [6, 6.07) is 22.4. The van der Waals surface area contributed by atoms with Crippen LogP contribution in [0, 0.1) is 5.92 Å². The molecule has 0 radical (unpaired) electrons. The fourth-order valence-corrected chi connectivity index (χ4v) is 10.8. The predicted octanol–water partition coefficient (Wildman–Crippen LogP) is 5.84. The van der Waals surface area contributed by atoms with Gasteiger partial charge in [-0.2, -0.15) is 0 Å². The van der Waals surface area contributed by atoms with E-state index in [2.05, 4.69) is 115 Å². The summed E-state index contributed by atoms with van der Waals surface area (Å²) in [5.74, 6) is 0.0417. The Hall–Kier alpha value is -1.47.